The number of hydrogen-bond acceptors (Lipinski definition) is 5. The maximum absolute atomic E-state index is 12.6. The number of rotatable bonds is 9. The molecular weight excluding hydrogens is 440 g/mol. The molecule has 0 aliphatic carbocycles. The van der Waals surface area contributed by atoms with Gasteiger partial charge in [-0.15, -0.1) is 0 Å². The number of benzene rings is 2. The van der Waals surface area contributed by atoms with Gasteiger partial charge in [-0.25, -0.2) is 18.1 Å². The molecule has 0 fully saturated rings. The Balaban J connectivity index is 1.40. The zero-order valence-corrected chi connectivity index (χ0v) is 18.9. The fourth-order valence-corrected chi connectivity index (χ4v) is 4.32. The van der Waals surface area contributed by atoms with Crippen LogP contribution in [-0.4, -0.2) is 44.0 Å². The van der Waals surface area contributed by atoms with E-state index < -0.39 is 10.0 Å². The van der Waals surface area contributed by atoms with Crippen LogP contribution in [0.25, 0.3) is 16.9 Å². The molecule has 0 bridgehead atoms. The fourth-order valence-electron chi connectivity index (χ4n) is 3.30. The van der Waals surface area contributed by atoms with Gasteiger partial charge in [0.1, 0.15) is 5.65 Å². The number of sulfonamides is 1. The van der Waals surface area contributed by atoms with Gasteiger partial charge in [-0.3, -0.25) is 4.79 Å². The van der Waals surface area contributed by atoms with Crippen molar-refractivity contribution in [1.82, 2.24) is 19.4 Å². The summed E-state index contributed by atoms with van der Waals surface area (Å²) in [4.78, 5) is 17.4. The van der Waals surface area contributed by atoms with Crippen LogP contribution in [0.2, 0.25) is 0 Å². The number of imidazole rings is 1. The highest BCUT2D eigenvalue weighted by molar-refractivity contribution is 7.89. The summed E-state index contributed by atoms with van der Waals surface area (Å²) in [5, 5.41) is 2.86. The molecule has 8 nitrogen and oxygen atoms in total. The number of pyridine rings is 1. The highest BCUT2D eigenvalue weighted by atomic mass is 32.2. The average Bonchev–Trinajstić information content (AvgIpc) is 3.27. The van der Waals surface area contributed by atoms with Crippen molar-refractivity contribution in [2.24, 2.45) is 0 Å². The Bertz CT molecular complexity index is 1350. The first-order chi connectivity index (χ1) is 16.0. The van der Waals surface area contributed by atoms with Crippen LogP contribution in [0.1, 0.15) is 15.9 Å². The molecule has 170 valence electrons. The molecule has 0 saturated heterocycles. The van der Waals surface area contributed by atoms with Crippen LogP contribution in [0.15, 0.2) is 84.0 Å². The number of amides is 1. The molecule has 2 aromatic heterocycles. The Labute approximate surface area is 192 Å². The van der Waals surface area contributed by atoms with Gasteiger partial charge < -0.3 is 14.5 Å². The maximum Gasteiger partial charge on any atom is 0.251 e. The van der Waals surface area contributed by atoms with Crippen molar-refractivity contribution in [3.8, 4) is 11.3 Å². The van der Waals surface area contributed by atoms with Crippen molar-refractivity contribution in [2.75, 3.05) is 20.3 Å². The summed E-state index contributed by atoms with van der Waals surface area (Å²) in [5.74, 6) is -0.236. The van der Waals surface area contributed by atoms with Crippen LogP contribution in [0.4, 0.5) is 0 Å². The number of ether oxygens (including phenoxy) is 1. The summed E-state index contributed by atoms with van der Waals surface area (Å²) in [6, 6.07) is 19.7. The molecule has 0 aliphatic rings. The van der Waals surface area contributed by atoms with Gasteiger partial charge in [0.15, 0.2) is 0 Å². The summed E-state index contributed by atoms with van der Waals surface area (Å²) in [7, 11) is -2.08. The van der Waals surface area contributed by atoms with Crippen LogP contribution < -0.4 is 10.0 Å². The highest BCUT2D eigenvalue weighted by Gasteiger charge is 2.13. The Morgan fingerprint density at radius 3 is 2.55 bits per heavy atom. The number of carbonyl (C=O) groups excluding carboxylic acids is 1. The number of fused-ring (bicyclic) bond motifs is 1. The van der Waals surface area contributed by atoms with Crippen molar-refractivity contribution < 1.29 is 17.9 Å². The second-order valence-corrected chi connectivity index (χ2v) is 9.16. The Kier molecular flexibility index (Phi) is 6.83. The van der Waals surface area contributed by atoms with E-state index in [9.17, 15) is 13.2 Å². The molecule has 4 aromatic rings. The summed E-state index contributed by atoms with van der Waals surface area (Å²) in [6.07, 6.45) is 3.73. The monoisotopic (exact) mass is 464 g/mol. The molecular formula is C24H24N4O4S. The van der Waals surface area contributed by atoms with Gasteiger partial charge in [0, 0.05) is 43.7 Å². The van der Waals surface area contributed by atoms with Crippen LogP contribution in [0.3, 0.4) is 0 Å². The van der Waals surface area contributed by atoms with E-state index >= 15 is 0 Å². The SMILES string of the molecule is COCCNS(=O)(=O)c1ccc(CNC(=O)c2ccn3cc(-c4ccccc4)nc3c2)cc1. The number of nitrogens with zero attached hydrogens (tertiary/aromatic N) is 2. The Hall–Kier alpha value is -3.53. The quantitative estimate of drug-likeness (QED) is 0.371. The zero-order chi connectivity index (χ0) is 23.3. The third-order valence-electron chi connectivity index (χ3n) is 5.08. The molecule has 2 heterocycles. The van der Waals surface area contributed by atoms with Crippen molar-refractivity contribution in [3.05, 3.63) is 90.3 Å². The van der Waals surface area contributed by atoms with E-state index in [1.54, 1.807) is 30.5 Å². The van der Waals surface area contributed by atoms with Gasteiger partial charge in [0.25, 0.3) is 5.91 Å². The maximum atomic E-state index is 12.6. The third kappa shape index (κ3) is 5.46. The van der Waals surface area contributed by atoms with Gasteiger partial charge in [-0.05, 0) is 29.8 Å². The number of methoxy groups -OCH3 is 1. The lowest BCUT2D eigenvalue weighted by Crippen LogP contribution is -2.27. The van der Waals surface area contributed by atoms with Gasteiger partial charge in [-0.1, -0.05) is 42.5 Å². The molecule has 0 saturated carbocycles. The lowest BCUT2D eigenvalue weighted by atomic mass is 10.2. The van der Waals surface area contributed by atoms with E-state index in [0.717, 1.165) is 16.8 Å². The Morgan fingerprint density at radius 1 is 1.06 bits per heavy atom. The largest absolute Gasteiger partial charge is 0.383 e. The second-order valence-electron chi connectivity index (χ2n) is 7.39. The molecule has 0 atom stereocenters. The fraction of sp³-hybridized carbons (Fsp3) is 0.167. The number of carbonyl (C=O) groups is 1. The predicted molar refractivity (Wildman–Crippen MR) is 125 cm³/mol. The molecule has 0 aliphatic heterocycles. The number of nitrogens with one attached hydrogen (secondary N) is 2. The minimum absolute atomic E-state index is 0.160. The van der Waals surface area contributed by atoms with Crippen molar-refractivity contribution in [3.63, 3.8) is 0 Å². The molecule has 4 rings (SSSR count). The lowest BCUT2D eigenvalue weighted by molar-refractivity contribution is 0.0951. The first kappa shape index (κ1) is 22.7. The molecule has 33 heavy (non-hydrogen) atoms. The zero-order valence-electron chi connectivity index (χ0n) is 18.1. The summed E-state index contributed by atoms with van der Waals surface area (Å²) >= 11 is 0. The van der Waals surface area contributed by atoms with Crippen LogP contribution in [-0.2, 0) is 21.3 Å². The van der Waals surface area contributed by atoms with Crippen molar-refractivity contribution >= 4 is 21.6 Å². The van der Waals surface area contributed by atoms with E-state index in [2.05, 4.69) is 15.0 Å². The van der Waals surface area contributed by atoms with E-state index in [4.69, 9.17) is 4.74 Å². The molecule has 2 aromatic carbocycles. The third-order valence-corrected chi connectivity index (χ3v) is 6.55. The van der Waals surface area contributed by atoms with Gasteiger partial charge in [0.2, 0.25) is 10.0 Å². The minimum atomic E-state index is -3.59. The molecule has 9 heteroatoms. The van der Waals surface area contributed by atoms with Gasteiger partial charge in [0.05, 0.1) is 17.2 Å². The lowest BCUT2D eigenvalue weighted by Gasteiger charge is -2.08. The van der Waals surface area contributed by atoms with Crippen molar-refractivity contribution in [2.45, 2.75) is 11.4 Å². The van der Waals surface area contributed by atoms with Gasteiger partial charge in [-0.2, -0.15) is 0 Å². The summed E-state index contributed by atoms with van der Waals surface area (Å²) in [5.41, 5.74) is 3.80. The minimum Gasteiger partial charge on any atom is -0.383 e. The topological polar surface area (TPSA) is 102 Å². The van der Waals surface area contributed by atoms with Crippen LogP contribution in [0.5, 0.6) is 0 Å². The predicted octanol–water partition coefficient (Wildman–Crippen LogP) is 2.86. The summed E-state index contributed by atoms with van der Waals surface area (Å²) < 4.78 is 33.6. The van der Waals surface area contributed by atoms with E-state index in [0.29, 0.717) is 17.8 Å². The number of aromatic nitrogens is 2. The second kappa shape index (κ2) is 9.95. The normalized spacial score (nSPS) is 11.5. The summed E-state index contributed by atoms with van der Waals surface area (Å²) in [6.45, 7) is 0.761. The molecule has 2 N–H and O–H groups in total. The Morgan fingerprint density at radius 2 is 1.82 bits per heavy atom. The standard InChI is InChI=1S/C24H24N4O4S/c1-32-14-12-26-33(30,31)21-9-7-18(8-10-21)16-25-24(29)20-11-13-28-17-22(27-23(28)15-20)19-5-3-2-4-6-19/h2-11,13,15,17,26H,12,14,16H2,1H3,(H,25,29). The molecule has 0 unspecified atom stereocenters. The van der Waals surface area contributed by atoms with E-state index in [1.807, 2.05) is 40.9 Å². The van der Waals surface area contributed by atoms with Crippen LogP contribution in [0, 0.1) is 0 Å². The van der Waals surface area contributed by atoms with Gasteiger partial charge >= 0.3 is 0 Å². The smallest absolute Gasteiger partial charge is 0.251 e. The number of hydrogen-bond donors (Lipinski definition) is 2. The van der Waals surface area contributed by atoms with Crippen LogP contribution >= 0.6 is 0 Å². The van der Waals surface area contributed by atoms with E-state index in [-0.39, 0.29) is 23.9 Å². The highest BCUT2D eigenvalue weighted by Crippen LogP contribution is 2.19. The van der Waals surface area contributed by atoms with E-state index in [1.165, 1.54) is 19.2 Å². The first-order valence-electron chi connectivity index (χ1n) is 10.4. The molecule has 0 spiro atoms. The molecule has 0 radical (unpaired) electrons. The first-order valence-corrected chi connectivity index (χ1v) is 11.8. The molecule has 1 amide bonds. The van der Waals surface area contributed by atoms with Crippen molar-refractivity contribution in [1.29, 1.82) is 0 Å². The average molecular weight is 465 g/mol.